The van der Waals surface area contributed by atoms with E-state index in [1.165, 1.54) is 22.3 Å². The molecule has 0 spiro atoms. The summed E-state index contributed by atoms with van der Waals surface area (Å²) in [4.78, 5) is 92.4. The summed E-state index contributed by atoms with van der Waals surface area (Å²) >= 11 is 0. The first-order valence-electron chi connectivity index (χ1n) is 49.4. The van der Waals surface area contributed by atoms with Crippen LogP contribution in [0.3, 0.4) is 0 Å². The maximum atomic E-state index is 12.4. The van der Waals surface area contributed by atoms with Gasteiger partial charge in [0.1, 0.15) is 41.3 Å². The molecule has 16 rings (SSSR count). The van der Waals surface area contributed by atoms with Gasteiger partial charge in [-0.1, -0.05) is 76.2 Å². The van der Waals surface area contributed by atoms with Crippen molar-refractivity contribution < 1.29 is 138 Å². The van der Waals surface area contributed by atoms with Crippen molar-refractivity contribution in [1.29, 1.82) is 0 Å². The fourth-order valence-electron chi connectivity index (χ4n) is 24.1. The molecule has 132 heavy (non-hydrogen) atoms. The van der Waals surface area contributed by atoms with Crippen LogP contribution < -0.4 is 18.9 Å². The predicted octanol–water partition coefficient (Wildman–Crippen LogP) is 12.4. The molecule has 0 bridgehead atoms. The zero-order valence-corrected chi connectivity index (χ0v) is 77.3. The molecule has 28 heteroatoms. The smallest absolute Gasteiger partial charge is 0.344 e. The number of carboxylic acids is 4. The third-order valence-electron chi connectivity index (χ3n) is 32.1. The molecular weight excluding hydrogens is 1700 g/mol. The Morgan fingerprint density at radius 3 is 0.917 bits per heavy atom. The third kappa shape index (κ3) is 26.4. The summed E-state index contributed by atoms with van der Waals surface area (Å²) in [7, 11) is 0. The molecule has 0 aliphatic heterocycles. The van der Waals surface area contributed by atoms with Gasteiger partial charge in [0.25, 0.3) is 0 Å². The highest BCUT2D eigenvalue weighted by Gasteiger charge is 2.50. The molecule has 0 unspecified atom stereocenters. The SMILES string of the molecule is CC[C@H](O)CC[C@@H]1[C@H]2Cc3cccc(OCC(=O)OC4CC(C(=O)O)C4)c3C[C@H]2C[C@H]1O.CC[C@H](O)CC[C@@H]1[C@H]2Cc3cccc(OCC(=O)OC4CC(CC(=O)O)C4)c3C[C@H]2C[C@H]1O.CC[C@H](O)CC[C@@H]1[C@H]2Cc3cccc(OCC(=O)OC4CCC(C(=O)O)CC4)c3C[C@H]2C[C@H]1O.CC[C@H](O)CC[C@@H]1[C@H]2Cc3cccc(OCC(=O)OCC4CC(C(=O)O)C4)c3C[C@H]2C[C@H]1O. The number of carbonyl (C=O) groups is 8. The molecule has 8 saturated carbocycles. The van der Waals surface area contributed by atoms with Gasteiger partial charge in [0, 0.05) is 6.42 Å². The van der Waals surface area contributed by atoms with Crippen LogP contribution in [-0.2, 0) is 109 Å². The van der Waals surface area contributed by atoms with Crippen molar-refractivity contribution in [2.75, 3.05) is 33.0 Å². The summed E-state index contributed by atoms with van der Waals surface area (Å²) in [6.07, 6.45) is 21.3. The molecule has 12 N–H and O–H groups in total. The first-order chi connectivity index (χ1) is 63.4. The quantitative estimate of drug-likeness (QED) is 0.0146. The summed E-state index contributed by atoms with van der Waals surface area (Å²) in [5, 5.41) is 118. The molecule has 28 nitrogen and oxygen atoms in total. The van der Waals surface area contributed by atoms with Crippen molar-refractivity contribution in [3.8, 4) is 23.0 Å². The molecule has 4 aromatic rings. The number of carboxylic acid groups (broad SMARTS) is 4. The van der Waals surface area contributed by atoms with Crippen LogP contribution in [0.15, 0.2) is 72.8 Å². The van der Waals surface area contributed by atoms with Crippen LogP contribution in [0.1, 0.15) is 246 Å². The zero-order valence-electron chi connectivity index (χ0n) is 77.3. The number of aliphatic hydroxyl groups excluding tert-OH is 8. The normalized spacial score (nSPS) is 31.3. The summed E-state index contributed by atoms with van der Waals surface area (Å²) < 4.78 is 44.9. The first kappa shape index (κ1) is 101. The van der Waals surface area contributed by atoms with Crippen LogP contribution >= 0.6 is 0 Å². The number of rotatable bonds is 38. The summed E-state index contributed by atoms with van der Waals surface area (Å²) in [5.74, 6) is 1.01. The van der Waals surface area contributed by atoms with Crippen LogP contribution in [0.5, 0.6) is 23.0 Å². The van der Waals surface area contributed by atoms with Gasteiger partial charge in [0.05, 0.1) is 73.2 Å². The number of carbonyl (C=O) groups excluding carboxylic acids is 4. The lowest BCUT2D eigenvalue weighted by Crippen LogP contribution is -2.38. The van der Waals surface area contributed by atoms with Gasteiger partial charge in [-0.15, -0.1) is 0 Å². The Kier molecular flexibility index (Phi) is 36.2. The summed E-state index contributed by atoms with van der Waals surface area (Å²) in [5.41, 5.74) is 9.33. The number of esters is 4. The summed E-state index contributed by atoms with van der Waals surface area (Å²) in [6.45, 7) is 7.48. The van der Waals surface area contributed by atoms with Crippen molar-refractivity contribution in [3.63, 3.8) is 0 Å². The van der Waals surface area contributed by atoms with Crippen LogP contribution in [-0.4, -0.2) is 209 Å². The standard InChI is InChI=1S/C27H38O7.2C26H36O7.C25H34O7/c1-2-19(28)8-11-21-22-12-17-4-3-5-25(23(17)13-18(22)14-24(21)29)33-15-26(30)34-20-9-6-16(7-10-20)27(31)32;1-2-19(27)6-7-20-21-10-16-4-3-5-24(22(16)11-17(21)12-23(20)28)32-14-25(29)33-13-15-8-18(9-15)26(30)31;1-2-18(27)6-7-20-21-11-16-4-3-5-24(22(16)12-17(21)13-23(20)28)32-14-26(31)33-19-8-15(9-19)10-25(29)30;1-2-17(26)6-7-19-20-10-14-4-3-5-23(21(14)11-15(20)12-22(19)27)31-13-24(28)32-18-8-16(9-18)25(29)30/h3-5,16,18-22,24,28-29H,2,6-15H2,1H3,(H,31,32);3-5,15,17-21,23,27-28H,2,6-14H2,1H3,(H,30,31);3-5,15,17-21,23,27-28H,2,6-14H2,1H3,(H,29,30);3-5,15-20,22,26-27H,2,6-13H2,1H3,(H,29,30)/t16?,18-,19-,20?,21+,22-,24+;15?,17-,18?,19-,20+,21-,23+;15?,17-,18-,19?,20+,21-,23+;15-,16?,17-,18?,19+,20-,22+/m0000/s1. The maximum absolute atomic E-state index is 12.4. The maximum Gasteiger partial charge on any atom is 0.344 e. The Balaban J connectivity index is 0.000000150. The lowest BCUT2D eigenvalue weighted by Gasteiger charge is -2.34. The second-order valence-corrected chi connectivity index (χ2v) is 40.5. The molecule has 12 aliphatic carbocycles. The predicted molar refractivity (Wildman–Crippen MR) is 483 cm³/mol. The lowest BCUT2D eigenvalue weighted by molar-refractivity contribution is -0.165. The molecule has 0 aromatic heterocycles. The van der Waals surface area contributed by atoms with Crippen LogP contribution in [0.25, 0.3) is 0 Å². The first-order valence-corrected chi connectivity index (χ1v) is 49.4. The van der Waals surface area contributed by atoms with E-state index in [2.05, 4.69) is 24.3 Å². The van der Waals surface area contributed by atoms with Crippen molar-refractivity contribution in [1.82, 2.24) is 0 Å². The van der Waals surface area contributed by atoms with E-state index in [1.807, 2.05) is 76.2 Å². The van der Waals surface area contributed by atoms with E-state index in [9.17, 15) is 79.2 Å². The van der Waals surface area contributed by atoms with Gasteiger partial charge < -0.3 is 99.2 Å². The monoisotopic (exact) mass is 1840 g/mol. The molecule has 728 valence electrons. The number of aliphatic hydroxyl groups is 8. The topological polar surface area (TPSA) is 453 Å². The molecule has 0 saturated heterocycles. The summed E-state index contributed by atoms with van der Waals surface area (Å²) in [6, 6.07) is 23.7. The number of aliphatic carboxylic acids is 4. The second-order valence-electron chi connectivity index (χ2n) is 40.5. The fraction of sp³-hybridized carbons (Fsp3) is 0.692. The molecule has 0 amide bonds. The Labute approximate surface area is 774 Å². The number of hydrogen-bond donors (Lipinski definition) is 12. The fourth-order valence-corrected chi connectivity index (χ4v) is 24.1. The van der Waals surface area contributed by atoms with E-state index in [-0.39, 0.29) is 154 Å². The highest BCUT2D eigenvalue weighted by atomic mass is 16.6. The van der Waals surface area contributed by atoms with Crippen LogP contribution in [0.2, 0.25) is 0 Å². The van der Waals surface area contributed by atoms with Gasteiger partial charge in [-0.05, 0) is 370 Å². The van der Waals surface area contributed by atoms with Crippen LogP contribution in [0, 0.1) is 101 Å². The van der Waals surface area contributed by atoms with E-state index >= 15 is 0 Å². The number of hydrogen-bond acceptors (Lipinski definition) is 24. The second kappa shape index (κ2) is 47.3. The lowest BCUT2D eigenvalue weighted by atomic mass is 9.73. The average Bonchev–Trinajstić information content (AvgIpc) is 1.61. The average molecular weight is 1840 g/mol. The van der Waals surface area contributed by atoms with E-state index in [4.69, 9.17) is 58.3 Å². The molecule has 8 fully saturated rings. The van der Waals surface area contributed by atoms with E-state index in [0.717, 1.165) is 176 Å². The van der Waals surface area contributed by atoms with Gasteiger partial charge in [-0.3, -0.25) is 19.2 Å². The van der Waals surface area contributed by atoms with Crippen LogP contribution in [0.4, 0.5) is 0 Å². The molecule has 4 aromatic carbocycles. The van der Waals surface area contributed by atoms with Gasteiger partial charge in [0.2, 0.25) is 0 Å². The van der Waals surface area contributed by atoms with Crippen molar-refractivity contribution in [2.24, 2.45) is 101 Å². The molecule has 20 atom stereocenters. The minimum atomic E-state index is -0.844. The third-order valence-corrected chi connectivity index (χ3v) is 32.1. The minimum absolute atomic E-state index is 0.0890. The van der Waals surface area contributed by atoms with Crippen molar-refractivity contribution in [3.05, 3.63) is 117 Å². The number of fused-ring (bicyclic) bond motifs is 8. The van der Waals surface area contributed by atoms with Gasteiger partial charge >= 0.3 is 47.8 Å². The largest absolute Gasteiger partial charge is 0.482 e. The molecule has 0 radical (unpaired) electrons. The van der Waals surface area contributed by atoms with Gasteiger partial charge in [-0.2, -0.15) is 0 Å². The highest BCUT2D eigenvalue weighted by Crippen LogP contribution is 2.54. The number of ether oxygens (including phenoxy) is 8. The Bertz CT molecular complexity index is 4500. The van der Waals surface area contributed by atoms with E-state index < -0.39 is 53.7 Å². The Hall–Kier alpha value is -8.48. The van der Waals surface area contributed by atoms with Gasteiger partial charge in [-0.25, -0.2) is 19.2 Å². The Morgan fingerprint density at radius 2 is 0.621 bits per heavy atom. The molecule has 0 heterocycles. The molecular formula is C104H144O28. The van der Waals surface area contributed by atoms with E-state index in [1.54, 1.807) is 0 Å². The zero-order chi connectivity index (χ0) is 94.1. The van der Waals surface area contributed by atoms with Crippen molar-refractivity contribution in [2.45, 2.75) is 320 Å². The van der Waals surface area contributed by atoms with Gasteiger partial charge in [0.15, 0.2) is 26.4 Å². The minimum Gasteiger partial charge on any atom is -0.482 e. The Morgan fingerprint density at radius 1 is 0.333 bits per heavy atom. The molecule has 12 aliphatic rings. The highest BCUT2D eigenvalue weighted by molar-refractivity contribution is 5.75. The van der Waals surface area contributed by atoms with E-state index in [0.29, 0.717) is 135 Å². The van der Waals surface area contributed by atoms with Crippen molar-refractivity contribution >= 4 is 47.8 Å². The number of benzene rings is 4.